The molecule has 0 aromatic carbocycles. The van der Waals surface area contributed by atoms with Crippen molar-refractivity contribution in [2.75, 3.05) is 38.6 Å². The molecule has 0 bridgehead atoms. The lowest BCUT2D eigenvalue weighted by molar-refractivity contribution is -0.0449. The fourth-order valence-electron chi connectivity index (χ4n) is 2.42. The Kier molecular flexibility index (Phi) is 4.37. The lowest BCUT2D eigenvalue weighted by Gasteiger charge is -2.35. The number of nitrogens with zero attached hydrogens (tertiary/aromatic N) is 1. The van der Waals surface area contributed by atoms with Gasteiger partial charge in [-0.1, -0.05) is 0 Å². The fraction of sp³-hybridized carbons (Fsp3) is 1.00. The van der Waals surface area contributed by atoms with E-state index in [1.54, 1.807) is 0 Å². The van der Waals surface area contributed by atoms with E-state index in [0.717, 1.165) is 13.1 Å². The van der Waals surface area contributed by atoms with E-state index in [2.05, 4.69) is 9.62 Å². The molecular formula is C10H20N2O4S. The molecule has 0 saturated carbocycles. The third-order valence-corrected chi connectivity index (χ3v) is 4.68. The maximum atomic E-state index is 11.4. The van der Waals surface area contributed by atoms with Crippen LogP contribution < -0.4 is 4.72 Å². The Hall–Kier alpha value is -0.210. The number of rotatable bonds is 5. The number of ether oxygens (including phenoxy) is 1. The van der Waals surface area contributed by atoms with Gasteiger partial charge < -0.3 is 9.84 Å². The van der Waals surface area contributed by atoms with Crippen LogP contribution in [0.3, 0.4) is 0 Å². The van der Waals surface area contributed by atoms with Crippen LogP contribution in [0.25, 0.3) is 0 Å². The minimum atomic E-state index is -3.35. The highest BCUT2D eigenvalue weighted by Gasteiger charge is 2.32. The number of nitrogens with one attached hydrogen (secondary N) is 1. The Morgan fingerprint density at radius 3 is 3.06 bits per heavy atom. The molecule has 2 unspecified atom stereocenters. The number of hydrogen-bond donors (Lipinski definition) is 2. The van der Waals surface area contributed by atoms with Crippen LogP contribution in [-0.2, 0) is 14.8 Å². The van der Waals surface area contributed by atoms with Gasteiger partial charge in [-0.2, -0.15) is 0 Å². The molecule has 0 spiro atoms. The largest absolute Gasteiger partial charge is 0.395 e. The van der Waals surface area contributed by atoms with E-state index in [0.29, 0.717) is 19.2 Å². The molecule has 17 heavy (non-hydrogen) atoms. The minimum absolute atomic E-state index is 0.0715. The topological polar surface area (TPSA) is 78.9 Å². The summed E-state index contributed by atoms with van der Waals surface area (Å²) in [5.41, 5.74) is 0. The van der Waals surface area contributed by atoms with Crippen molar-refractivity contribution in [2.24, 2.45) is 0 Å². The first-order valence-corrected chi connectivity index (χ1v) is 7.70. The Labute approximate surface area is 102 Å². The van der Waals surface area contributed by atoms with Crippen molar-refractivity contribution in [1.82, 2.24) is 9.62 Å². The minimum Gasteiger partial charge on any atom is -0.395 e. The third kappa shape index (κ3) is 3.62. The Morgan fingerprint density at radius 2 is 2.29 bits per heavy atom. The molecule has 2 N–H and O–H groups in total. The van der Waals surface area contributed by atoms with Gasteiger partial charge >= 0.3 is 0 Å². The molecule has 7 heteroatoms. The highest BCUT2D eigenvalue weighted by atomic mass is 32.2. The molecule has 2 aliphatic heterocycles. The molecule has 0 aromatic rings. The van der Waals surface area contributed by atoms with Crippen molar-refractivity contribution in [3.05, 3.63) is 0 Å². The fourth-order valence-corrected chi connectivity index (χ4v) is 3.25. The van der Waals surface area contributed by atoms with Crippen LogP contribution in [-0.4, -0.2) is 69.2 Å². The summed E-state index contributed by atoms with van der Waals surface area (Å²) in [4.78, 5) is 2.37. The number of morpholine rings is 1. The average molecular weight is 264 g/mol. The van der Waals surface area contributed by atoms with Gasteiger partial charge in [0.15, 0.2) is 0 Å². The van der Waals surface area contributed by atoms with Crippen molar-refractivity contribution in [3.63, 3.8) is 0 Å². The number of aliphatic hydroxyl groups excluding tert-OH is 1. The van der Waals surface area contributed by atoms with Crippen LogP contribution in [0, 0.1) is 0 Å². The van der Waals surface area contributed by atoms with E-state index in [1.807, 2.05) is 0 Å². The average Bonchev–Trinajstić information content (AvgIpc) is 2.73. The first-order valence-electron chi connectivity index (χ1n) is 6.04. The van der Waals surface area contributed by atoms with Gasteiger partial charge in [0.1, 0.15) is 0 Å². The molecule has 6 nitrogen and oxygen atoms in total. The van der Waals surface area contributed by atoms with Crippen LogP contribution in [0.2, 0.25) is 0 Å². The van der Waals surface area contributed by atoms with Crippen LogP contribution in [0.1, 0.15) is 12.8 Å². The van der Waals surface area contributed by atoms with E-state index in [1.165, 1.54) is 12.8 Å². The summed E-state index contributed by atoms with van der Waals surface area (Å²) in [6.07, 6.45) is 2.32. The highest BCUT2D eigenvalue weighted by Crippen LogP contribution is 2.22. The molecule has 2 atom stereocenters. The lowest BCUT2D eigenvalue weighted by Crippen LogP contribution is -2.50. The zero-order chi connectivity index (χ0) is 12.3. The molecule has 2 rings (SSSR count). The van der Waals surface area contributed by atoms with E-state index in [4.69, 9.17) is 9.84 Å². The second-order valence-electron chi connectivity index (χ2n) is 4.64. The van der Waals surface area contributed by atoms with E-state index < -0.39 is 10.0 Å². The highest BCUT2D eigenvalue weighted by molar-refractivity contribution is 7.89. The van der Waals surface area contributed by atoms with Gasteiger partial charge in [0.25, 0.3) is 0 Å². The molecule has 0 aliphatic carbocycles. The summed E-state index contributed by atoms with van der Waals surface area (Å²) in [7, 11) is -3.35. The summed E-state index contributed by atoms with van der Waals surface area (Å²) >= 11 is 0. The number of aliphatic hydroxyl groups is 1. The third-order valence-electron chi connectivity index (χ3n) is 3.35. The van der Waals surface area contributed by atoms with Crippen LogP contribution in [0.5, 0.6) is 0 Å². The van der Waals surface area contributed by atoms with Crippen molar-refractivity contribution in [1.29, 1.82) is 0 Å². The summed E-state index contributed by atoms with van der Waals surface area (Å²) in [6.45, 7) is 2.53. The predicted octanol–water partition coefficient (Wildman–Crippen LogP) is -1.24. The number of sulfonamides is 1. The van der Waals surface area contributed by atoms with Gasteiger partial charge in [-0.3, -0.25) is 4.90 Å². The van der Waals surface area contributed by atoms with Crippen molar-refractivity contribution >= 4 is 10.0 Å². The van der Waals surface area contributed by atoms with Crippen molar-refractivity contribution in [3.8, 4) is 0 Å². The molecule has 0 radical (unpaired) electrons. The lowest BCUT2D eigenvalue weighted by atomic mass is 10.2. The monoisotopic (exact) mass is 264 g/mol. The molecule has 0 aromatic heterocycles. The molecular weight excluding hydrogens is 244 g/mol. The maximum absolute atomic E-state index is 11.4. The zero-order valence-corrected chi connectivity index (χ0v) is 10.7. The van der Waals surface area contributed by atoms with Gasteiger partial charge in [0.05, 0.1) is 25.1 Å². The molecule has 0 amide bonds. The Balaban J connectivity index is 1.77. The number of hydrogen-bond acceptors (Lipinski definition) is 5. The first kappa shape index (κ1) is 13.2. The molecule has 2 fully saturated rings. The number of fused-ring (bicyclic) bond motifs is 1. The normalized spacial score (nSPS) is 30.4. The predicted molar refractivity (Wildman–Crippen MR) is 63.2 cm³/mol. The second kappa shape index (κ2) is 5.62. The van der Waals surface area contributed by atoms with Gasteiger partial charge in [-0.25, -0.2) is 13.1 Å². The van der Waals surface area contributed by atoms with Crippen molar-refractivity contribution < 1.29 is 18.3 Å². The Bertz CT molecular complexity index is 346. The van der Waals surface area contributed by atoms with Crippen molar-refractivity contribution in [2.45, 2.75) is 25.0 Å². The van der Waals surface area contributed by atoms with E-state index in [9.17, 15) is 8.42 Å². The first-order chi connectivity index (χ1) is 8.11. The van der Waals surface area contributed by atoms with Gasteiger partial charge in [0.2, 0.25) is 10.0 Å². The Morgan fingerprint density at radius 1 is 1.47 bits per heavy atom. The SMILES string of the molecule is O=S(=O)(CCO)NCC1CN2CCCC2CO1. The smallest absolute Gasteiger partial charge is 0.213 e. The standard InChI is InChI=1S/C10H20N2O4S/c13-4-5-17(14,15)11-6-10-7-12-3-1-2-9(12)8-16-10/h9-11,13H,1-8H2. The zero-order valence-electron chi connectivity index (χ0n) is 9.84. The van der Waals surface area contributed by atoms with Crippen LogP contribution in [0.15, 0.2) is 0 Å². The molecule has 100 valence electrons. The second-order valence-corrected chi connectivity index (χ2v) is 6.56. The molecule has 2 saturated heterocycles. The molecule has 2 heterocycles. The van der Waals surface area contributed by atoms with Gasteiger partial charge in [-0.15, -0.1) is 0 Å². The van der Waals surface area contributed by atoms with E-state index >= 15 is 0 Å². The summed E-state index contributed by atoms with van der Waals surface area (Å²) < 4.78 is 30.8. The van der Waals surface area contributed by atoms with Gasteiger partial charge in [0, 0.05) is 19.1 Å². The van der Waals surface area contributed by atoms with Gasteiger partial charge in [-0.05, 0) is 19.4 Å². The van der Waals surface area contributed by atoms with E-state index in [-0.39, 0.29) is 18.5 Å². The summed E-state index contributed by atoms with van der Waals surface area (Å²) in [6, 6.07) is 0.528. The van der Waals surface area contributed by atoms with Crippen LogP contribution >= 0.6 is 0 Å². The summed E-state index contributed by atoms with van der Waals surface area (Å²) in [5.74, 6) is -0.244. The summed E-state index contributed by atoms with van der Waals surface area (Å²) in [5, 5.41) is 8.60. The quantitative estimate of drug-likeness (QED) is 0.649. The molecule has 2 aliphatic rings. The van der Waals surface area contributed by atoms with Crippen LogP contribution in [0.4, 0.5) is 0 Å². The maximum Gasteiger partial charge on any atom is 0.213 e.